The maximum Gasteiger partial charge on any atom is 0.331 e. The van der Waals surface area contributed by atoms with E-state index in [4.69, 9.17) is 9.84 Å². The van der Waals surface area contributed by atoms with Crippen molar-refractivity contribution in [1.29, 1.82) is 0 Å². The molecule has 1 rings (SSSR count). The highest BCUT2D eigenvalue weighted by Crippen LogP contribution is 2.36. The van der Waals surface area contributed by atoms with Crippen molar-refractivity contribution in [2.45, 2.75) is 25.9 Å². The summed E-state index contributed by atoms with van der Waals surface area (Å²) in [6.07, 6.45) is 0.917. The summed E-state index contributed by atoms with van der Waals surface area (Å²) in [5, 5.41) is 8.68. The number of hydrogen-bond donors (Lipinski definition) is 1. The Morgan fingerprint density at radius 2 is 2.25 bits per heavy atom. The van der Waals surface area contributed by atoms with Crippen molar-refractivity contribution in [2.75, 3.05) is 6.61 Å². The molecule has 68 valence electrons. The van der Waals surface area contributed by atoms with Crippen LogP contribution in [0.15, 0.2) is 12.2 Å². The van der Waals surface area contributed by atoms with Gasteiger partial charge in [-0.25, -0.2) is 4.79 Å². The van der Waals surface area contributed by atoms with Gasteiger partial charge in [0.15, 0.2) is 0 Å². The van der Waals surface area contributed by atoms with Gasteiger partial charge in [-0.1, -0.05) is 13.5 Å². The minimum Gasteiger partial charge on any atom is -0.478 e. The summed E-state index contributed by atoms with van der Waals surface area (Å²) in [6.45, 7) is 8.02. The fraction of sp³-hybridized carbons (Fsp3) is 0.667. The van der Waals surface area contributed by atoms with Gasteiger partial charge < -0.3 is 9.84 Å². The van der Waals surface area contributed by atoms with Crippen molar-refractivity contribution < 1.29 is 14.6 Å². The number of rotatable bonds is 3. The van der Waals surface area contributed by atoms with Crippen molar-refractivity contribution >= 4 is 5.97 Å². The predicted molar refractivity (Wildman–Crippen MR) is 44.9 cm³/mol. The highest BCUT2D eigenvalue weighted by Gasteiger charge is 2.41. The first-order valence-corrected chi connectivity index (χ1v) is 4.03. The van der Waals surface area contributed by atoms with Crippen molar-refractivity contribution in [3.63, 3.8) is 0 Å². The average Bonchev–Trinajstić information content (AvgIpc) is 1.97. The number of carboxylic acids is 1. The number of carboxylic acid groups (broad SMARTS) is 1. The second-order valence-corrected chi connectivity index (χ2v) is 3.46. The van der Waals surface area contributed by atoms with E-state index in [1.807, 2.05) is 13.8 Å². The highest BCUT2D eigenvalue weighted by molar-refractivity contribution is 5.86. The van der Waals surface area contributed by atoms with E-state index in [9.17, 15) is 4.79 Å². The molecule has 1 aliphatic rings. The lowest BCUT2D eigenvalue weighted by Gasteiger charge is -2.43. The van der Waals surface area contributed by atoms with Gasteiger partial charge in [-0.05, 0) is 6.92 Å². The second-order valence-electron chi connectivity index (χ2n) is 3.46. The molecule has 1 aliphatic heterocycles. The third-order valence-electron chi connectivity index (χ3n) is 2.74. The topological polar surface area (TPSA) is 46.5 Å². The van der Waals surface area contributed by atoms with Gasteiger partial charge in [0, 0.05) is 17.9 Å². The largest absolute Gasteiger partial charge is 0.478 e. The van der Waals surface area contributed by atoms with E-state index in [1.54, 1.807) is 0 Å². The summed E-state index contributed by atoms with van der Waals surface area (Å²) in [6, 6.07) is 0. The molecule has 0 aromatic carbocycles. The van der Waals surface area contributed by atoms with E-state index in [0.717, 1.165) is 13.0 Å². The van der Waals surface area contributed by atoms with Crippen molar-refractivity contribution in [1.82, 2.24) is 0 Å². The third kappa shape index (κ3) is 1.37. The maximum atomic E-state index is 10.6. The minimum atomic E-state index is -0.931. The second kappa shape index (κ2) is 2.90. The van der Waals surface area contributed by atoms with Crippen LogP contribution >= 0.6 is 0 Å². The molecule has 0 spiro atoms. The van der Waals surface area contributed by atoms with Crippen molar-refractivity contribution in [2.24, 2.45) is 5.92 Å². The molecule has 0 saturated carbocycles. The molecule has 0 amide bonds. The minimum absolute atomic E-state index is 0.108. The lowest BCUT2D eigenvalue weighted by molar-refractivity contribution is -0.161. The SMILES string of the molecule is C=C(C(=O)O)C(C)C1(C)CCO1. The van der Waals surface area contributed by atoms with Gasteiger partial charge in [0.1, 0.15) is 0 Å². The van der Waals surface area contributed by atoms with Crippen LogP contribution in [-0.4, -0.2) is 23.3 Å². The summed E-state index contributed by atoms with van der Waals surface area (Å²) in [7, 11) is 0. The van der Waals surface area contributed by atoms with Gasteiger partial charge in [-0.15, -0.1) is 0 Å². The number of aliphatic carboxylic acids is 1. The van der Waals surface area contributed by atoms with Crippen LogP contribution in [-0.2, 0) is 9.53 Å². The van der Waals surface area contributed by atoms with Crippen molar-refractivity contribution in [3.05, 3.63) is 12.2 Å². The maximum absolute atomic E-state index is 10.6. The van der Waals surface area contributed by atoms with E-state index in [-0.39, 0.29) is 17.1 Å². The Morgan fingerprint density at radius 1 is 1.75 bits per heavy atom. The van der Waals surface area contributed by atoms with Crippen molar-refractivity contribution in [3.8, 4) is 0 Å². The Hall–Kier alpha value is -0.830. The van der Waals surface area contributed by atoms with Crippen LogP contribution in [0, 0.1) is 5.92 Å². The van der Waals surface area contributed by atoms with Crippen LogP contribution < -0.4 is 0 Å². The fourth-order valence-electron chi connectivity index (χ4n) is 1.32. The fourth-order valence-corrected chi connectivity index (χ4v) is 1.32. The average molecular weight is 170 g/mol. The summed E-state index contributed by atoms with van der Waals surface area (Å²) in [4.78, 5) is 10.6. The summed E-state index contributed by atoms with van der Waals surface area (Å²) >= 11 is 0. The number of ether oxygens (including phenoxy) is 1. The van der Waals surface area contributed by atoms with Gasteiger partial charge in [0.2, 0.25) is 0 Å². The molecule has 12 heavy (non-hydrogen) atoms. The molecule has 2 unspecified atom stereocenters. The standard InChI is InChI=1S/C9H14O3/c1-6(8(10)11)7(2)9(3)4-5-12-9/h7H,1,4-5H2,2-3H3,(H,10,11). The molecule has 3 heteroatoms. The monoisotopic (exact) mass is 170 g/mol. The highest BCUT2D eigenvalue weighted by atomic mass is 16.5. The smallest absolute Gasteiger partial charge is 0.331 e. The van der Waals surface area contributed by atoms with E-state index in [0.29, 0.717) is 0 Å². The predicted octanol–water partition coefficient (Wildman–Crippen LogP) is 1.44. The molecule has 1 fully saturated rings. The molecule has 0 aliphatic carbocycles. The molecule has 1 saturated heterocycles. The van der Waals surface area contributed by atoms with Crippen LogP contribution in [0.25, 0.3) is 0 Å². The number of hydrogen-bond acceptors (Lipinski definition) is 2. The Kier molecular flexibility index (Phi) is 2.24. The Morgan fingerprint density at radius 3 is 2.50 bits per heavy atom. The lowest BCUT2D eigenvalue weighted by atomic mass is 9.80. The summed E-state index contributed by atoms with van der Waals surface area (Å²) < 4.78 is 5.33. The summed E-state index contributed by atoms with van der Waals surface area (Å²) in [5.74, 6) is -1.04. The first-order chi connectivity index (χ1) is 5.47. The van der Waals surface area contributed by atoms with Gasteiger partial charge in [-0.2, -0.15) is 0 Å². The van der Waals surface area contributed by atoms with Crippen LogP contribution in [0.2, 0.25) is 0 Å². The van der Waals surface area contributed by atoms with Gasteiger partial charge >= 0.3 is 5.97 Å². The molecule has 1 N–H and O–H groups in total. The first kappa shape index (κ1) is 9.26. The molecule has 1 heterocycles. The first-order valence-electron chi connectivity index (χ1n) is 4.03. The Labute approximate surface area is 72.0 Å². The zero-order chi connectivity index (χ0) is 9.35. The molecule has 3 nitrogen and oxygen atoms in total. The quantitative estimate of drug-likeness (QED) is 0.652. The van der Waals surface area contributed by atoms with Crippen LogP contribution in [0.1, 0.15) is 20.3 Å². The zero-order valence-corrected chi connectivity index (χ0v) is 7.46. The van der Waals surface area contributed by atoms with Crippen LogP contribution in [0.4, 0.5) is 0 Å². The van der Waals surface area contributed by atoms with Crippen LogP contribution in [0.5, 0.6) is 0 Å². The lowest BCUT2D eigenvalue weighted by Crippen LogP contribution is -2.47. The van der Waals surface area contributed by atoms with Gasteiger partial charge in [0.05, 0.1) is 12.2 Å². The van der Waals surface area contributed by atoms with Gasteiger partial charge in [-0.3, -0.25) is 0 Å². The molecule has 0 radical (unpaired) electrons. The third-order valence-corrected chi connectivity index (χ3v) is 2.74. The summed E-state index contributed by atoms with van der Waals surface area (Å²) in [5.41, 5.74) is -0.0626. The van der Waals surface area contributed by atoms with E-state index in [2.05, 4.69) is 6.58 Å². The molecular formula is C9H14O3. The number of carbonyl (C=O) groups is 1. The Bertz CT molecular complexity index is 216. The molecule has 0 bridgehead atoms. The van der Waals surface area contributed by atoms with E-state index >= 15 is 0 Å². The molecule has 2 atom stereocenters. The zero-order valence-electron chi connectivity index (χ0n) is 7.46. The Balaban J connectivity index is 2.63. The van der Waals surface area contributed by atoms with Gasteiger partial charge in [0.25, 0.3) is 0 Å². The molecule has 0 aromatic heterocycles. The molecule has 0 aromatic rings. The molecular weight excluding hydrogens is 156 g/mol. The van der Waals surface area contributed by atoms with E-state index < -0.39 is 5.97 Å². The normalized spacial score (nSPS) is 30.5. The van der Waals surface area contributed by atoms with Crippen LogP contribution in [0.3, 0.4) is 0 Å². The van der Waals surface area contributed by atoms with E-state index in [1.165, 1.54) is 0 Å².